The van der Waals surface area contributed by atoms with E-state index in [1.165, 1.54) is 0 Å². The zero-order valence-electron chi connectivity index (χ0n) is 8.98. The molecule has 1 saturated carbocycles. The predicted molar refractivity (Wildman–Crippen MR) is 59.4 cm³/mol. The highest BCUT2D eigenvalue weighted by atomic mass is 16.3. The van der Waals surface area contributed by atoms with E-state index in [1.54, 1.807) is 0 Å². The Kier molecular flexibility index (Phi) is 3.06. The van der Waals surface area contributed by atoms with Crippen LogP contribution < -0.4 is 0 Å². The number of carbonyl (C=O) groups excluding carboxylic acids is 1. The van der Waals surface area contributed by atoms with Gasteiger partial charge in [0.25, 0.3) is 0 Å². The number of rotatable bonds is 2. The minimum atomic E-state index is -1.03. The lowest BCUT2D eigenvalue weighted by atomic mass is 9.76. The number of carbonyl (C=O) groups is 1. The summed E-state index contributed by atoms with van der Waals surface area (Å²) in [6, 6.07) is 0. The molecule has 0 amide bonds. The van der Waals surface area contributed by atoms with Gasteiger partial charge in [-0.2, -0.15) is 0 Å². The highest BCUT2D eigenvalue weighted by Gasteiger charge is 2.39. The second-order valence-corrected chi connectivity index (χ2v) is 4.61. The highest BCUT2D eigenvalue weighted by Crippen LogP contribution is 2.32. The molecule has 1 atom stereocenters. The molecule has 0 radical (unpaired) electrons. The van der Waals surface area contributed by atoms with Crippen LogP contribution in [-0.2, 0) is 4.79 Å². The minimum Gasteiger partial charge on any atom is -0.382 e. The van der Waals surface area contributed by atoms with Crippen LogP contribution in [0, 0.1) is 5.92 Å². The van der Waals surface area contributed by atoms with E-state index in [9.17, 15) is 9.90 Å². The average molecular weight is 206 g/mol. The Labute approximate surface area is 90.7 Å². The summed E-state index contributed by atoms with van der Waals surface area (Å²) in [6.07, 6.45) is 12.9. The van der Waals surface area contributed by atoms with Gasteiger partial charge in [0.1, 0.15) is 5.60 Å². The number of aliphatic hydroxyl groups is 1. The van der Waals surface area contributed by atoms with Crippen LogP contribution >= 0.6 is 0 Å². The van der Waals surface area contributed by atoms with Gasteiger partial charge in [-0.3, -0.25) is 4.79 Å². The van der Waals surface area contributed by atoms with E-state index >= 15 is 0 Å². The molecule has 2 aliphatic rings. The molecule has 2 aliphatic carbocycles. The summed E-state index contributed by atoms with van der Waals surface area (Å²) in [6.45, 7) is 0. The lowest BCUT2D eigenvalue weighted by Gasteiger charge is -2.33. The van der Waals surface area contributed by atoms with Crippen molar-refractivity contribution in [3.63, 3.8) is 0 Å². The van der Waals surface area contributed by atoms with Crippen molar-refractivity contribution in [1.82, 2.24) is 0 Å². The third-order valence-electron chi connectivity index (χ3n) is 3.46. The summed E-state index contributed by atoms with van der Waals surface area (Å²) in [5, 5.41) is 10.3. The molecule has 0 heterocycles. The van der Waals surface area contributed by atoms with Gasteiger partial charge in [0, 0.05) is 5.92 Å². The summed E-state index contributed by atoms with van der Waals surface area (Å²) in [5.41, 5.74) is -1.03. The summed E-state index contributed by atoms with van der Waals surface area (Å²) >= 11 is 0. The van der Waals surface area contributed by atoms with Crippen molar-refractivity contribution in [2.45, 2.75) is 44.1 Å². The largest absolute Gasteiger partial charge is 0.382 e. The molecular weight excluding hydrogens is 188 g/mol. The second kappa shape index (κ2) is 4.31. The maximum atomic E-state index is 12.1. The molecule has 0 aromatic heterocycles. The van der Waals surface area contributed by atoms with E-state index in [0.29, 0.717) is 12.8 Å². The fourth-order valence-electron chi connectivity index (χ4n) is 2.50. The summed E-state index contributed by atoms with van der Waals surface area (Å²) in [4.78, 5) is 12.1. The van der Waals surface area contributed by atoms with E-state index in [2.05, 4.69) is 0 Å². The van der Waals surface area contributed by atoms with Crippen LogP contribution in [0.25, 0.3) is 0 Å². The first-order chi connectivity index (χ1) is 7.22. The van der Waals surface area contributed by atoms with E-state index in [-0.39, 0.29) is 11.7 Å². The van der Waals surface area contributed by atoms with E-state index in [0.717, 1.165) is 25.7 Å². The van der Waals surface area contributed by atoms with Crippen LogP contribution in [0.5, 0.6) is 0 Å². The lowest BCUT2D eigenvalue weighted by molar-refractivity contribution is -0.143. The molecule has 2 rings (SSSR count). The van der Waals surface area contributed by atoms with Crippen LogP contribution in [0.4, 0.5) is 0 Å². The normalized spacial score (nSPS) is 29.0. The Morgan fingerprint density at radius 3 is 2.53 bits per heavy atom. The number of allylic oxidation sites excluding steroid dienone is 4. The molecule has 1 unspecified atom stereocenters. The minimum absolute atomic E-state index is 0.0304. The Morgan fingerprint density at radius 2 is 1.93 bits per heavy atom. The molecule has 0 bridgehead atoms. The van der Waals surface area contributed by atoms with E-state index in [4.69, 9.17) is 0 Å². The molecule has 0 aliphatic heterocycles. The van der Waals surface area contributed by atoms with E-state index < -0.39 is 5.60 Å². The predicted octanol–water partition coefficient (Wildman–Crippen LogP) is 2.38. The lowest BCUT2D eigenvalue weighted by Crippen LogP contribution is -2.43. The molecular formula is C13H18O2. The molecule has 0 aromatic carbocycles. The van der Waals surface area contributed by atoms with Gasteiger partial charge in [0.2, 0.25) is 0 Å². The van der Waals surface area contributed by atoms with Crippen molar-refractivity contribution in [1.29, 1.82) is 0 Å². The van der Waals surface area contributed by atoms with Gasteiger partial charge in [-0.15, -0.1) is 0 Å². The number of hydrogen-bond donors (Lipinski definition) is 1. The van der Waals surface area contributed by atoms with Crippen LogP contribution in [0.3, 0.4) is 0 Å². The van der Waals surface area contributed by atoms with Crippen LogP contribution in [0.1, 0.15) is 38.5 Å². The topological polar surface area (TPSA) is 37.3 Å². The first-order valence-corrected chi connectivity index (χ1v) is 5.82. The van der Waals surface area contributed by atoms with Crippen molar-refractivity contribution >= 4 is 5.78 Å². The maximum absolute atomic E-state index is 12.1. The number of hydrogen-bond acceptors (Lipinski definition) is 2. The smallest absolute Gasteiger partial charge is 0.171 e. The van der Waals surface area contributed by atoms with Gasteiger partial charge in [0.15, 0.2) is 5.78 Å². The van der Waals surface area contributed by atoms with Gasteiger partial charge in [0.05, 0.1) is 0 Å². The van der Waals surface area contributed by atoms with Gasteiger partial charge >= 0.3 is 0 Å². The van der Waals surface area contributed by atoms with Crippen LogP contribution in [0.2, 0.25) is 0 Å². The molecule has 0 spiro atoms. The van der Waals surface area contributed by atoms with Crippen molar-refractivity contribution in [3.05, 3.63) is 24.3 Å². The third-order valence-corrected chi connectivity index (χ3v) is 3.46. The average Bonchev–Trinajstić information content (AvgIpc) is 2.30. The zero-order chi connectivity index (χ0) is 10.7. The summed E-state index contributed by atoms with van der Waals surface area (Å²) < 4.78 is 0. The number of ketones is 1. The first kappa shape index (κ1) is 10.6. The molecule has 0 saturated heterocycles. The van der Waals surface area contributed by atoms with Crippen molar-refractivity contribution in [2.75, 3.05) is 0 Å². The fourth-order valence-corrected chi connectivity index (χ4v) is 2.50. The fraction of sp³-hybridized carbons (Fsp3) is 0.615. The molecule has 15 heavy (non-hydrogen) atoms. The number of Topliss-reactive ketones (excluding diaryl/α,β-unsaturated/α-hetero) is 1. The van der Waals surface area contributed by atoms with Crippen LogP contribution in [0.15, 0.2) is 24.3 Å². The third kappa shape index (κ3) is 2.20. The standard InChI is InChI=1S/C13H18O2/c14-12(11-7-3-1-4-8-11)13(15)9-5-2-6-10-13/h1,3-4,7,11,15H,2,5-6,8-10H2. The first-order valence-electron chi connectivity index (χ1n) is 5.82. The van der Waals surface area contributed by atoms with Gasteiger partial charge in [-0.05, 0) is 19.3 Å². The molecule has 2 nitrogen and oxygen atoms in total. The van der Waals surface area contributed by atoms with Crippen molar-refractivity contribution in [2.24, 2.45) is 5.92 Å². The molecule has 0 aromatic rings. The Morgan fingerprint density at radius 1 is 1.20 bits per heavy atom. The Bertz CT molecular complexity index is 296. The maximum Gasteiger partial charge on any atom is 0.171 e. The SMILES string of the molecule is O=C(C1C=CC=CC1)C1(O)CCCCC1. The monoisotopic (exact) mass is 206 g/mol. The van der Waals surface area contributed by atoms with Crippen molar-refractivity contribution in [3.8, 4) is 0 Å². The Hall–Kier alpha value is -0.890. The van der Waals surface area contributed by atoms with Gasteiger partial charge in [-0.1, -0.05) is 43.6 Å². The van der Waals surface area contributed by atoms with Gasteiger partial charge in [-0.25, -0.2) is 0 Å². The summed E-state index contributed by atoms with van der Waals surface area (Å²) in [7, 11) is 0. The second-order valence-electron chi connectivity index (χ2n) is 4.61. The quantitative estimate of drug-likeness (QED) is 0.753. The molecule has 2 heteroatoms. The summed E-state index contributed by atoms with van der Waals surface area (Å²) in [5.74, 6) is -0.0686. The molecule has 1 N–H and O–H groups in total. The Balaban J connectivity index is 2.05. The van der Waals surface area contributed by atoms with Crippen molar-refractivity contribution < 1.29 is 9.90 Å². The molecule has 82 valence electrons. The van der Waals surface area contributed by atoms with E-state index in [1.807, 2.05) is 24.3 Å². The van der Waals surface area contributed by atoms with Gasteiger partial charge < -0.3 is 5.11 Å². The van der Waals surface area contributed by atoms with Crippen LogP contribution in [-0.4, -0.2) is 16.5 Å². The zero-order valence-corrected chi connectivity index (χ0v) is 8.98. The highest BCUT2D eigenvalue weighted by molar-refractivity contribution is 5.91. The molecule has 1 fully saturated rings.